The van der Waals surface area contributed by atoms with Crippen LogP contribution in [0.1, 0.15) is 102 Å². The molecular formula is C22H38O2. The van der Waals surface area contributed by atoms with E-state index in [1.54, 1.807) is 13.8 Å². The van der Waals surface area contributed by atoms with Gasteiger partial charge in [-0.2, -0.15) is 0 Å². The van der Waals surface area contributed by atoms with Gasteiger partial charge in [-0.3, -0.25) is 0 Å². The van der Waals surface area contributed by atoms with Gasteiger partial charge in [0.2, 0.25) is 0 Å². The Bertz CT molecular complexity index is 417. The van der Waals surface area contributed by atoms with Crippen LogP contribution in [0.4, 0.5) is 0 Å². The Hall–Kier alpha value is -0.860. The number of hydrogen-bond donors (Lipinski definition) is 2. The van der Waals surface area contributed by atoms with Gasteiger partial charge in [-0.15, -0.1) is 0 Å². The SMILES string of the molecule is CCCCCCCCCCCCc1ccc(C(O)C(C)(C)O)cc1. The number of unbranched alkanes of at least 4 members (excludes halogenated alkanes) is 9. The van der Waals surface area contributed by atoms with Crippen LogP contribution in [0.25, 0.3) is 0 Å². The fraction of sp³-hybridized carbons (Fsp3) is 0.727. The molecule has 1 unspecified atom stereocenters. The molecule has 0 aliphatic rings. The molecule has 1 aromatic rings. The summed E-state index contributed by atoms with van der Waals surface area (Å²) in [6, 6.07) is 8.04. The van der Waals surface area contributed by atoms with E-state index in [9.17, 15) is 10.2 Å². The zero-order valence-corrected chi connectivity index (χ0v) is 16.1. The van der Waals surface area contributed by atoms with E-state index in [2.05, 4.69) is 19.1 Å². The summed E-state index contributed by atoms with van der Waals surface area (Å²) in [4.78, 5) is 0. The summed E-state index contributed by atoms with van der Waals surface area (Å²) in [7, 11) is 0. The van der Waals surface area contributed by atoms with E-state index in [0.29, 0.717) is 0 Å². The van der Waals surface area contributed by atoms with Crippen molar-refractivity contribution in [1.82, 2.24) is 0 Å². The van der Waals surface area contributed by atoms with Crippen molar-refractivity contribution in [3.8, 4) is 0 Å². The quantitative estimate of drug-likeness (QED) is 0.437. The summed E-state index contributed by atoms with van der Waals surface area (Å²) >= 11 is 0. The maximum absolute atomic E-state index is 10.1. The van der Waals surface area contributed by atoms with Gasteiger partial charge in [0.25, 0.3) is 0 Å². The van der Waals surface area contributed by atoms with Crippen LogP contribution in [-0.2, 0) is 6.42 Å². The maximum Gasteiger partial charge on any atom is 0.107 e. The minimum Gasteiger partial charge on any atom is -0.387 e. The lowest BCUT2D eigenvalue weighted by atomic mass is 9.93. The van der Waals surface area contributed by atoms with Crippen molar-refractivity contribution in [2.75, 3.05) is 0 Å². The first-order chi connectivity index (χ1) is 11.4. The molecule has 0 fully saturated rings. The molecule has 0 aromatic heterocycles. The van der Waals surface area contributed by atoms with Gasteiger partial charge in [-0.25, -0.2) is 0 Å². The molecular weight excluding hydrogens is 296 g/mol. The molecule has 0 aliphatic heterocycles. The second-order valence-corrected chi connectivity index (χ2v) is 7.73. The van der Waals surface area contributed by atoms with Gasteiger partial charge in [-0.1, -0.05) is 89.0 Å². The van der Waals surface area contributed by atoms with Crippen LogP contribution in [0.5, 0.6) is 0 Å². The molecule has 24 heavy (non-hydrogen) atoms. The third-order valence-corrected chi connectivity index (χ3v) is 4.78. The Balaban J connectivity index is 2.11. The molecule has 0 bridgehead atoms. The summed E-state index contributed by atoms with van der Waals surface area (Å²) in [6.45, 7) is 5.54. The van der Waals surface area contributed by atoms with E-state index in [4.69, 9.17) is 0 Å². The molecule has 0 aliphatic carbocycles. The highest BCUT2D eigenvalue weighted by molar-refractivity contribution is 5.25. The molecule has 1 rings (SSSR count). The molecule has 0 spiro atoms. The number of aliphatic hydroxyl groups excluding tert-OH is 1. The normalized spacial score (nSPS) is 13.2. The maximum atomic E-state index is 10.1. The Kier molecular flexibility index (Phi) is 10.3. The second-order valence-electron chi connectivity index (χ2n) is 7.73. The van der Waals surface area contributed by atoms with Crippen LogP contribution in [0.3, 0.4) is 0 Å². The van der Waals surface area contributed by atoms with Crippen molar-refractivity contribution in [2.45, 2.75) is 103 Å². The molecule has 2 heteroatoms. The molecule has 0 radical (unpaired) electrons. The van der Waals surface area contributed by atoms with E-state index in [0.717, 1.165) is 12.0 Å². The molecule has 138 valence electrons. The third kappa shape index (κ3) is 8.84. The van der Waals surface area contributed by atoms with Crippen LogP contribution in [0, 0.1) is 0 Å². The van der Waals surface area contributed by atoms with Crippen molar-refractivity contribution in [3.05, 3.63) is 35.4 Å². The van der Waals surface area contributed by atoms with Crippen molar-refractivity contribution < 1.29 is 10.2 Å². The summed E-state index contributed by atoms with van der Waals surface area (Å²) in [5.41, 5.74) is 1.01. The Morgan fingerprint density at radius 3 is 1.71 bits per heavy atom. The molecule has 2 N–H and O–H groups in total. The number of rotatable bonds is 13. The average Bonchev–Trinajstić information content (AvgIpc) is 2.55. The fourth-order valence-electron chi connectivity index (χ4n) is 3.09. The van der Waals surface area contributed by atoms with Crippen LogP contribution in [-0.4, -0.2) is 15.8 Å². The summed E-state index contributed by atoms with van der Waals surface area (Å²) in [5, 5.41) is 19.9. The summed E-state index contributed by atoms with van der Waals surface area (Å²) in [6.07, 6.45) is 13.9. The first-order valence-electron chi connectivity index (χ1n) is 9.94. The number of aryl methyl sites for hydroxylation is 1. The van der Waals surface area contributed by atoms with Gasteiger partial charge in [-0.05, 0) is 37.8 Å². The van der Waals surface area contributed by atoms with Gasteiger partial charge in [0.15, 0.2) is 0 Å². The first-order valence-corrected chi connectivity index (χ1v) is 9.94. The molecule has 1 atom stereocenters. The fourth-order valence-corrected chi connectivity index (χ4v) is 3.09. The summed E-state index contributed by atoms with van der Waals surface area (Å²) in [5.74, 6) is 0. The van der Waals surface area contributed by atoms with Gasteiger partial charge in [0, 0.05) is 0 Å². The lowest BCUT2D eigenvalue weighted by molar-refractivity contribution is -0.0496. The van der Waals surface area contributed by atoms with Crippen molar-refractivity contribution >= 4 is 0 Å². The highest BCUT2D eigenvalue weighted by Crippen LogP contribution is 2.25. The number of hydrogen-bond acceptors (Lipinski definition) is 2. The zero-order valence-electron chi connectivity index (χ0n) is 16.1. The molecule has 0 heterocycles. The third-order valence-electron chi connectivity index (χ3n) is 4.78. The predicted octanol–water partition coefficient (Wildman–Crippen LogP) is 5.95. The van der Waals surface area contributed by atoms with E-state index in [1.807, 2.05) is 12.1 Å². The van der Waals surface area contributed by atoms with E-state index in [1.165, 1.54) is 69.8 Å². The topological polar surface area (TPSA) is 40.5 Å². The van der Waals surface area contributed by atoms with E-state index >= 15 is 0 Å². The molecule has 2 nitrogen and oxygen atoms in total. The predicted molar refractivity (Wildman–Crippen MR) is 103 cm³/mol. The molecule has 0 saturated heterocycles. The van der Waals surface area contributed by atoms with Gasteiger partial charge >= 0.3 is 0 Å². The lowest BCUT2D eigenvalue weighted by Gasteiger charge is -2.24. The van der Waals surface area contributed by atoms with Gasteiger partial charge < -0.3 is 10.2 Å². The van der Waals surface area contributed by atoms with E-state index in [-0.39, 0.29) is 0 Å². The monoisotopic (exact) mass is 334 g/mol. The zero-order chi connectivity index (χ0) is 17.8. The van der Waals surface area contributed by atoms with E-state index < -0.39 is 11.7 Å². The second kappa shape index (κ2) is 11.7. The number of benzene rings is 1. The highest BCUT2D eigenvalue weighted by Gasteiger charge is 2.25. The standard InChI is InChI=1S/C22H38O2/c1-4-5-6-7-8-9-10-11-12-13-14-19-15-17-20(18-16-19)21(23)22(2,3)24/h15-18,21,23-24H,4-14H2,1-3H3. The Morgan fingerprint density at radius 2 is 1.25 bits per heavy atom. The minimum atomic E-state index is -1.10. The smallest absolute Gasteiger partial charge is 0.107 e. The van der Waals surface area contributed by atoms with Crippen molar-refractivity contribution in [2.24, 2.45) is 0 Å². The van der Waals surface area contributed by atoms with Crippen LogP contribution in [0.15, 0.2) is 24.3 Å². The van der Waals surface area contributed by atoms with Gasteiger partial charge in [0.1, 0.15) is 6.10 Å². The largest absolute Gasteiger partial charge is 0.387 e. The van der Waals surface area contributed by atoms with Gasteiger partial charge in [0.05, 0.1) is 5.60 Å². The molecule has 1 aromatic carbocycles. The Labute approximate surface area is 149 Å². The number of aliphatic hydroxyl groups is 2. The molecule has 0 amide bonds. The Morgan fingerprint density at radius 1 is 0.792 bits per heavy atom. The van der Waals surface area contributed by atoms with Crippen molar-refractivity contribution in [1.29, 1.82) is 0 Å². The van der Waals surface area contributed by atoms with Crippen LogP contribution < -0.4 is 0 Å². The minimum absolute atomic E-state index is 0.786. The lowest BCUT2D eigenvalue weighted by Crippen LogP contribution is -2.28. The van der Waals surface area contributed by atoms with Crippen LogP contribution >= 0.6 is 0 Å². The highest BCUT2D eigenvalue weighted by atomic mass is 16.3. The average molecular weight is 335 g/mol. The first kappa shape index (κ1) is 21.2. The van der Waals surface area contributed by atoms with Crippen LogP contribution in [0.2, 0.25) is 0 Å². The summed E-state index contributed by atoms with van der Waals surface area (Å²) < 4.78 is 0. The molecule has 0 saturated carbocycles. The van der Waals surface area contributed by atoms with Crippen molar-refractivity contribution in [3.63, 3.8) is 0 Å².